The molecule has 1 aromatic heterocycles. The predicted octanol–water partition coefficient (Wildman–Crippen LogP) is 2.35. The first-order valence-corrected chi connectivity index (χ1v) is 8.14. The summed E-state index contributed by atoms with van der Waals surface area (Å²) in [5.74, 6) is 2.89. The smallest absolute Gasteiger partial charge is 0.243 e. The maximum atomic E-state index is 12.0. The lowest BCUT2D eigenvalue weighted by Crippen LogP contribution is -2.41. The molecule has 0 spiro atoms. The van der Waals surface area contributed by atoms with Gasteiger partial charge in [-0.05, 0) is 25.1 Å². The monoisotopic (exact) mass is 469 g/mol. The minimum Gasteiger partial charge on any atom is -0.350 e. The average Bonchev–Trinajstić information content (AvgIpc) is 3.00. The molecular formula is C17H20IN5OS. The number of nitrogens with zero attached hydrogens (tertiary/aromatic N) is 2. The Labute approximate surface area is 168 Å². The fourth-order valence-corrected chi connectivity index (χ4v) is 2.65. The fraction of sp³-hybridized carbons (Fsp3) is 0.235. The second-order valence-electron chi connectivity index (χ2n) is 4.92. The first-order chi connectivity index (χ1) is 11.6. The van der Waals surface area contributed by atoms with Crippen molar-refractivity contribution in [1.29, 1.82) is 0 Å². The summed E-state index contributed by atoms with van der Waals surface area (Å²) in [5.41, 5.74) is 1.38. The molecule has 0 saturated heterocycles. The van der Waals surface area contributed by atoms with Gasteiger partial charge < -0.3 is 16.0 Å². The van der Waals surface area contributed by atoms with Crippen LogP contribution in [0.2, 0.25) is 0 Å². The van der Waals surface area contributed by atoms with E-state index in [4.69, 9.17) is 6.42 Å². The molecule has 2 aromatic rings. The normalized spacial score (nSPS) is 10.4. The molecule has 0 aliphatic rings. The molecule has 2 rings (SSSR count). The molecule has 0 aliphatic heterocycles. The van der Waals surface area contributed by atoms with Crippen molar-refractivity contribution in [3.63, 3.8) is 0 Å². The molecule has 1 amide bonds. The number of aliphatic imine (C=N–C) groups is 1. The van der Waals surface area contributed by atoms with Crippen LogP contribution in [0.4, 0.5) is 5.69 Å². The molecule has 1 heterocycles. The number of amides is 1. The van der Waals surface area contributed by atoms with E-state index in [2.05, 4.69) is 31.8 Å². The molecule has 0 saturated carbocycles. The molecule has 6 nitrogen and oxygen atoms in total. The van der Waals surface area contributed by atoms with Crippen molar-refractivity contribution in [3.8, 4) is 12.3 Å². The molecule has 0 aliphatic carbocycles. The Morgan fingerprint density at radius 1 is 1.40 bits per heavy atom. The van der Waals surface area contributed by atoms with Crippen LogP contribution in [0.5, 0.6) is 0 Å². The number of carbonyl (C=O) groups is 1. The lowest BCUT2D eigenvalue weighted by Gasteiger charge is -2.11. The number of hydrogen-bond donors (Lipinski definition) is 3. The highest BCUT2D eigenvalue weighted by molar-refractivity contribution is 14.0. The van der Waals surface area contributed by atoms with Gasteiger partial charge in [-0.25, -0.2) is 4.98 Å². The highest BCUT2D eigenvalue weighted by atomic mass is 127. The number of aromatic nitrogens is 1. The van der Waals surface area contributed by atoms with Gasteiger partial charge in [-0.2, -0.15) is 0 Å². The van der Waals surface area contributed by atoms with Gasteiger partial charge in [-0.1, -0.05) is 12.0 Å². The van der Waals surface area contributed by atoms with Crippen molar-refractivity contribution in [3.05, 3.63) is 45.9 Å². The number of terminal acetylenes is 1. The lowest BCUT2D eigenvalue weighted by atomic mass is 10.2. The molecule has 0 radical (unpaired) electrons. The Bertz CT molecular complexity index is 781. The maximum absolute atomic E-state index is 12.0. The highest BCUT2D eigenvalue weighted by Crippen LogP contribution is 2.10. The summed E-state index contributed by atoms with van der Waals surface area (Å²) in [5, 5.41) is 9.82. The minimum atomic E-state index is -0.183. The van der Waals surface area contributed by atoms with Crippen LogP contribution in [0.15, 0.2) is 35.5 Å². The van der Waals surface area contributed by atoms with Crippen LogP contribution in [-0.2, 0) is 11.3 Å². The number of rotatable bonds is 5. The Morgan fingerprint density at radius 2 is 2.20 bits per heavy atom. The zero-order chi connectivity index (χ0) is 17.4. The van der Waals surface area contributed by atoms with Crippen molar-refractivity contribution in [2.75, 3.05) is 18.9 Å². The summed E-state index contributed by atoms with van der Waals surface area (Å²) in [6.45, 7) is 2.66. The first-order valence-electron chi connectivity index (χ1n) is 7.33. The molecule has 0 unspecified atom stereocenters. The van der Waals surface area contributed by atoms with E-state index in [1.807, 2.05) is 13.1 Å². The van der Waals surface area contributed by atoms with E-state index in [9.17, 15) is 4.79 Å². The van der Waals surface area contributed by atoms with E-state index < -0.39 is 0 Å². The number of benzene rings is 1. The van der Waals surface area contributed by atoms with Gasteiger partial charge >= 0.3 is 0 Å². The van der Waals surface area contributed by atoms with Gasteiger partial charge in [0.25, 0.3) is 0 Å². The summed E-state index contributed by atoms with van der Waals surface area (Å²) < 4.78 is 0. The Kier molecular flexibility index (Phi) is 8.94. The van der Waals surface area contributed by atoms with Crippen molar-refractivity contribution >= 4 is 52.9 Å². The first kappa shape index (κ1) is 20.9. The summed E-state index contributed by atoms with van der Waals surface area (Å²) in [6, 6.07) is 7.14. The summed E-state index contributed by atoms with van der Waals surface area (Å²) in [6.07, 6.45) is 7.17. The topological polar surface area (TPSA) is 78.4 Å². The third-order valence-electron chi connectivity index (χ3n) is 3.03. The summed E-state index contributed by atoms with van der Waals surface area (Å²) >= 11 is 1.62. The second kappa shape index (κ2) is 10.7. The van der Waals surface area contributed by atoms with Crippen LogP contribution in [0, 0.1) is 19.3 Å². The zero-order valence-electron chi connectivity index (χ0n) is 14.0. The number of guanidine groups is 1. The van der Waals surface area contributed by atoms with Crippen molar-refractivity contribution in [2.45, 2.75) is 13.5 Å². The standard InChI is InChI=1S/C17H19N5OS.HI/c1-4-13-6-5-7-14(8-13)22-15(23)10-20-17(18-3)21-11-16-19-9-12(2)24-16;/h1,5-9H,10-11H2,2-3H3,(H,22,23)(H2,18,20,21);1H. The van der Waals surface area contributed by atoms with Crippen LogP contribution in [-0.4, -0.2) is 30.4 Å². The van der Waals surface area contributed by atoms with E-state index in [1.165, 1.54) is 0 Å². The molecular weight excluding hydrogens is 449 g/mol. The largest absolute Gasteiger partial charge is 0.350 e. The molecule has 8 heteroatoms. The van der Waals surface area contributed by atoms with Gasteiger partial charge in [0, 0.05) is 29.4 Å². The predicted molar refractivity (Wildman–Crippen MR) is 113 cm³/mol. The number of aryl methyl sites for hydroxylation is 1. The van der Waals surface area contributed by atoms with Gasteiger partial charge in [-0.15, -0.1) is 41.7 Å². The van der Waals surface area contributed by atoms with E-state index >= 15 is 0 Å². The van der Waals surface area contributed by atoms with Gasteiger partial charge in [0.05, 0.1) is 13.1 Å². The molecule has 0 bridgehead atoms. The number of anilines is 1. The molecule has 0 atom stereocenters. The van der Waals surface area contributed by atoms with Crippen LogP contribution in [0.3, 0.4) is 0 Å². The number of carbonyl (C=O) groups excluding carboxylic acids is 1. The summed E-state index contributed by atoms with van der Waals surface area (Å²) in [4.78, 5) is 21.5. The molecule has 0 fully saturated rings. The maximum Gasteiger partial charge on any atom is 0.243 e. The Morgan fingerprint density at radius 3 is 2.84 bits per heavy atom. The molecule has 1 aromatic carbocycles. The van der Waals surface area contributed by atoms with Crippen LogP contribution >= 0.6 is 35.3 Å². The number of thiazole rings is 1. The summed E-state index contributed by atoms with van der Waals surface area (Å²) in [7, 11) is 1.65. The van der Waals surface area contributed by atoms with E-state index in [-0.39, 0.29) is 36.4 Å². The third kappa shape index (κ3) is 7.11. The Balaban J connectivity index is 0.00000312. The van der Waals surface area contributed by atoms with Gasteiger partial charge in [0.15, 0.2) is 5.96 Å². The second-order valence-corrected chi connectivity index (χ2v) is 6.24. The highest BCUT2D eigenvalue weighted by Gasteiger charge is 2.06. The van der Waals surface area contributed by atoms with Crippen LogP contribution < -0.4 is 16.0 Å². The molecule has 132 valence electrons. The van der Waals surface area contributed by atoms with Crippen molar-refractivity contribution < 1.29 is 4.79 Å². The van der Waals surface area contributed by atoms with Crippen molar-refractivity contribution in [1.82, 2.24) is 15.6 Å². The average molecular weight is 469 g/mol. The minimum absolute atomic E-state index is 0. The zero-order valence-corrected chi connectivity index (χ0v) is 17.1. The Hall–Kier alpha value is -2.12. The van der Waals surface area contributed by atoms with E-state index in [0.29, 0.717) is 18.2 Å². The molecule has 3 N–H and O–H groups in total. The van der Waals surface area contributed by atoms with Gasteiger partial charge in [0.1, 0.15) is 5.01 Å². The van der Waals surface area contributed by atoms with Crippen LogP contribution in [0.25, 0.3) is 0 Å². The van der Waals surface area contributed by atoms with Gasteiger partial charge in [0.2, 0.25) is 5.91 Å². The SMILES string of the molecule is C#Cc1cccc(NC(=O)CNC(=NC)NCc2ncc(C)s2)c1.I. The van der Waals surface area contributed by atoms with Crippen LogP contribution in [0.1, 0.15) is 15.4 Å². The van der Waals surface area contributed by atoms with E-state index in [1.54, 1.807) is 42.6 Å². The number of halogens is 1. The third-order valence-corrected chi connectivity index (χ3v) is 3.94. The fourth-order valence-electron chi connectivity index (χ4n) is 1.92. The molecule has 25 heavy (non-hydrogen) atoms. The quantitative estimate of drug-likeness (QED) is 0.272. The van der Waals surface area contributed by atoms with Crippen molar-refractivity contribution in [2.24, 2.45) is 4.99 Å². The number of nitrogens with one attached hydrogen (secondary N) is 3. The lowest BCUT2D eigenvalue weighted by molar-refractivity contribution is -0.115. The number of hydrogen-bond acceptors (Lipinski definition) is 4. The van der Waals surface area contributed by atoms with E-state index in [0.717, 1.165) is 15.4 Å². The van der Waals surface area contributed by atoms with Gasteiger partial charge in [-0.3, -0.25) is 9.79 Å².